The van der Waals surface area contributed by atoms with E-state index in [9.17, 15) is 24.0 Å². The lowest BCUT2D eigenvalue weighted by atomic mass is 10.0. The van der Waals surface area contributed by atoms with Crippen LogP contribution >= 0.6 is 0 Å². The van der Waals surface area contributed by atoms with Crippen LogP contribution < -0.4 is 26.2 Å². The van der Waals surface area contributed by atoms with Crippen LogP contribution in [0.2, 0.25) is 0 Å². The first-order chi connectivity index (χ1) is 29.3. The molecule has 6 heterocycles. The number of piperidine rings is 1. The Labute approximate surface area is 345 Å². The Morgan fingerprint density at radius 2 is 1.75 bits per heavy atom. The molecule has 5 aromatic rings. The molecule has 8 rings (SSSR count). The summed E-state index contributed by atoms with van der Waals surface area (Å²) in [6.07, 6.45) is 7.38. The average Bonchev–Trinajstić information content (AvgIpc) is 4.03. The van der Waals surface area contributed by atoms with Crippen LogP contribution in [0.25, 0.3) is 16.8 Å². The summed E-state index contributed by atoms with van der Waals surface area (Å²) in [7, 11) is 0. The number of nitrogens with zero attached hydrogens (tertiary/aromatic N) is 7. The van der Waals surface area contributed by atoms with E-state index < -0.39 is 29.7 Å². The van der Waals surface area contributed by atoms with Crippen molar-refractivity contribution in [2.24, 2.45) is 0 Å². The van der Waals surface area contributed by atoms with Gasteiger partial charge in [-0.2, -0.15) is 0 Å². The van der Waals surface area contributed by atoms with Gasteiger partial charge in [-0.05, 0) is 67.8 Å². The standard InChI is InChI=1S/C42H47N11O7/c54-35(14-23-59-24-16-43-33-7-3-6-31-37(33)41(58)53(40(31)57)34-12-13-36(55)48-39(34)56)44-15-1-2-17-50-18-20-51(21-19-50)29-10-8-28(9-11-29)32-26-46-42(52-27-47-49-38(32)52)45-25-30-5-4-22-60-30/h3-11,22,26-27,34,43H,1-2,12-21,23-25H2,(H,44,54)(H,45,46)(H,48,55,56). The molecule has 0 radical (unpaired) electrons. The molecule has 4 N–H and O–H groups in total. The van der Waals surface area contributed by atoms with Crippen molar-refractivity contribution in [2.45, 2.75) is 44.7 Å². The van der Waals surface area contributed by atoms with Gasteiger partial charge in [-0.3, -0.25) is 43.5 Å². The molecule has 18 nitrogen and oxygen atoms in total. The molecule has 2 saturated heterocycles. The number of rotatable bonds is 18. The maximum Gasteiger partial charge on any atom is 0.264 e. The first-order valence-corrected chi connectivity index (χ1v) is 20.3. The van der Waals surface area contributed by atoms with E-state index in [0.29, 0.717) is 31.3 Å². The first kappa shape index (κ1) is 40.1. The smallest absolute Gasteiger partial charge is 0.264 e. The first-order valence-electron chi connectivity index (χ1n) is 20.3. The second-order valence-corrected chi connectivity index (χ2v) is 14.9. The molecule has 0 spiro atoms. The lowest BCUT2D eigenvalue weighted by Gasteiger charge is -2.36. The summed E-state index contributed by atoms with van der Waals surface area (Å²) in [5.74, 6) is -0.829. The zero-order valence-corrected chi connectivity index (χ0v) is 33.1. The fraction of sp³-hybridized carbons (Fsp3) is 0.381. The number of unbranched alkanes of at least 4 members (excludes halogenated alkanes) is 1. The lowest BCUT2D eigenvalue weighted by Crippen LogP contribution is -2.54. The second-order valence-electron chi connectivity index (χ2n) is 14.9. The van der Waals surface area contributed by atoms with Gasteiger partial charge >= 0.3 is 0 Å². The Morgan fingerprint density at radius 1 is 0.900 bits per heavy atom. The molecule has 0 aliphatic carbocycles. The highest BCUT2D eigenvalue weighted by Gasteiger charge is 2.45. The molecule has 1 atom stereocenters. The summed E-state index contributed by atoms with van der Waals surface area (Å²) in [6.45, 7) is 6.77. The van der Waals surface area contributed by atoms with Gasteiger partial charge in [0.2, 0.25) is 23.7 Å². The van der Waals surface area contributed by atoms with E-state index in [1.165, 1.54) is 5.69 Å². The minimum atomic E-state index is -1.03. The van der Waals surface area contributed by atoms with Crippen molar-refractivity contribution in [1.82, 2.24) is 40.0 Å². The van der Waals surface area contributed by atoms with Gasteiger partial charge in [-0.15, -0.1) is 10.2 Å². The van der Waals surface area contributed by atoms with Crippen LogP contribution in [0.4, 0.5) is 17.3 Å². The molecule has 18 heteroatoms. The highest BCUT2D eigenvalue weighted by molar-refractivity contribution is 6.25. The molecule has 0 saturated carbocycles. The normalized spacial score (nSPS) is 17.0. The molecule has 2 aromatic carbocycles. The van der Waals surface area contributed by atoms with Crippen LogP contribution in [0.3, 0.4) is 0 Å². The summed E-state index contributed by atoms with van der Waals surface area (Å²) < 4.78 is 12.9. The molecule has 3 aliphatic rings. The number of aromatic nitrogens is 4. The van der Waals surface area contributed by atoms with E-state index >= 15 is 0 Å². The quantitative estimate of drug-likeness (QED) is 0.0741. The van der Waals surface area contributed by atoms with E-state index in [2.05, 4.69) is 70.5 Å². The maximum atomic E-state index is 13.2. The maximum absolute atomic E-state index is 13.2. The van der Waals surface area contributed by atoms with E-state index in [1.807, 2.05) is 22.7 Å². The molecule has 3 aliphatic heterocycles. The summed E-state index contributed by atoms with van der Waals surface area (Å²) in [4.78, 5) is 73.1. The average molecular weight is 818 g/mol. The number of ether oxygens (including phenoxy) is 1. The fourth-order valence-electron chi connectivity index (χ4n) is 7.78. The van der Waals surface area contributed by atoms with Gasteiger partial charge in [0.15, 0.2) is 5.65 Å². The van der Waals surface area contributed by atoms with Crippen LogP contribution in [0, 0.1) is 0 Å². The number of nitrogens with one attached hydrogen (secondary N) is 4. The van der Waals surface area contributed by atoms with Crippen molar-refractivity contribution < 1.29 is 33.1 Å². The number of amides is 5. The van der Waals surface area contributed by atoms with Crippen molar-refractivity contribution in [3.05, 3.63) is 90.3 Å². The van der Waals surface area contributed by atoms with Crippen LogP contribution in [-0.4, -0.2) is 124 Å². The Kier molecular flexibility index (Phi) is 12.4. The minimum Gasteiger partial charge on any atom is -0.467 e. The third-order valence-corrected chi connectivity index (χ3v) is 11.0. The lowest BCUT2D eigenvalue weighted by molar-refractivity contribution is -0.136. The largest absolute Gasteiger partial charge is 0.467 e. The zero-order chi connectivity index (χ0) is 41.4. The van der Waals surface area contributed by atoms with Gasteiger partial charge in [0.05, 0.1) is 37.1 Å². The zero-order valence-electron chi connectivity index (χ0n) is 33.1. The van der Waals surface area contributed by atoms with Gasteiger partial charge in [0, 0.05) is 75.2 Å². The number of anilines is 3. The number of hydrogen-bond acceptors (Lipinski definition) is 14. The van der Waals surface area contributed by atoms with Gasteiger partial charge < -0.3 is 30.0 Å². The van der Waals surface area contributed by atoms with Crippen molar-refractivity contribution in [1.29, 1.82) is 0 Å². The summed E-state index contributed by atoms with van der Waals surface area (Å²) >= 11 is 0. The predicted molar refractivity (Wildman–Crippen MR) is 220 cm³/mol. The predicted octanol–water partition coefficient (Wildman–Crippen LogP) is 2.93. The van der Waals surface area contributed by atoms with Crippen molar-refractivity contribution in [2.75, 3.05) is 74.6 Å². The highest BCUT2D eigenvalue weighted by atomic mass is 16.5. The van der Waals surface area contributed by atoms with E-state index in [4.69, 9.17) is 9.15 Å². The summed E-state index contributed by atoms with van der Waals surface area (Å²) in [6, 6.07) is 16.1. The molecule has 312 valence electrons. The highest BCUT2D eigenvalue weighted by Crippen LogP contribution is 2.32. The fourth-order valence-corrected chi connectivity index (χ4v) is 7.78. The number of carbonyl (C=O) groups excluding carboxylic acids is 5. The van der Waals surface area contributed by atoms with Crippen molar-refractivity contribution >= 4 is 52.5 Å². The summed E-state index contributed by atoms with van der Waals surface area (Å²) in [5.41, 5.74) is 4.67. The third kappa shape index (κ3) is 8.98. The van der Waals surface area contributed by atoms with E-state index in [0.717, 1.165) is 73.0 Å². The molecule has 1 unspecified atom stereocenters. The number of fused-ring (bicyclic) bond motifs is 2. The monoisotopic (exact) mass is 817 g/mol. The molecule has 0 bridgehead atoms. The Balaban J connectivity index is 0.686. The number of carbonyl (C=O) groups is 5. The molecule has 5 amide bonds. The molecular weight excluding hydrogens is 771 g/mol. The van der Waals surface area contributed by atoms with Gasteiger partial charge in [-0.25, -0.2) is 4.98 Å². The molecule has 3 aromatic heterocycles. The number of hydrogen-bond donors (Lipinski definition) is 4. The van der Waals surface area contributed by atoms with Crippen LogP contribution in [0.5, 0.6) is 0 Å². The number of furan rings is 1. The van der Waals surface area contributed by atoms with Gasteiger partial charge in [-0.1, -0.05) is 18.2 Å². The van der Waals surface area contributed by atoms with Crippen molar-refractivity contribution in [3.8, 4) is 11.1 Å². The Hall–Kier alpha value is -6.66. The Bertz CT molecular complexity index is 2340. The van der Waals surface area contributed by atoms with E-state index in [-0.39, 0.29) is 49.5 Å². The topological polar surface area (TPSA) is 209 Å². The van der Waals surface area contributed by atoms with Crippen molar-refractivity contribution in [3.63, 3.8) is 0 Å². The third-order valence-electron chi connectivity index (χ3n) is 11.0. The van der Waals surface area contributed by atoms with Crippen LogP contribution in [-0.2, 0) is 25.7 Å². The second kappa shape index (κ2) is 18.5. The van der Waals surface area contributed by atoms with Gasteiger partial charge in [0.25, 0.3) is 11.8 Å². The number of benzene rings is 2. The summed E-state index contributed by atoms with van der Waals surface area (Å²) in [5, 5.41) is 20.1. The van der Waals surface area contributed by atoms with E-state index in [1.54, 1.807) is 30.8 Å². The minimum absolute atomic E-state index is 0.0568. The Morgan fingerprint density at radius 3 is 2.55 bits per heavy atom. The van der Waals surface area contributed by atoms with Crippen LogP contribution in [0.1, 0.15) is 58.6 Å². The SMILES string of the molecule is O=C(CCOCCNc1cccc2c1C(=O)N(C1CCC(=O)NC1=O)C2=O)NCCCCN1CCN(c2ccc(-c3cnc(NCc4ccco4)n4cnnc34)cc2)CC1. The van der Waals surface area contributed by atoms with Gasteiger partial charge in [0.1, 0.15) is 18.1 Å². The van der Waals surface area contributed by atoms with Crippen LogP contribution in [0.15, 0.2) is 77.8 Å². The molecule has 60 heavy (non-hydrogen) atoms. The molecular formula is C42H47N11O7. The molecule has 2 fully saturated rings. The number of imide groups is 2. The number of piperazine rings is 1.